The molecule has 0 spiro atoms. The Balaban J connectivity index is 1.92. The van der Waals surface area contributed by atoms with Crippen molar-refractivity contribution in [2.45, 2.75) is 0 Å². The molecule has 3 aromatic rings. The van der Waals surface area contributed by atoms with E-state index in [9.17, 15) is 10.1 Å². The van der Waals surface area contributed by atoms with Gasteiger partial charge in [-0.25, -0.2) is 10.4 Å². The molecule has 0 atom stereocenters. The van der Waals surface area contributed by atoms with Crippen molar-refractivity contribution < 1.29 is 0 Å². The van der Waals surface area contributed by atoms with Gasteiger partial charge in [0.1, 0.15) is 11.6 Å². The monoisotopic (exact) mass is 349 g/mol. The Morgan fingerprint density at radius 3 is 2.72 bits per heavy atom. The molecule has 3 rings (SSSR count). The third-order valence-electron chi connectivity index (χ3n) is 3.31. The molecule has 0 bridgehead atoms. The molecule has 0 aliphatic heterocycles. The summed E-state index contributed by atoms with van der Waals surface area (Å²) in [5.41, 5.74) is 3.85. The molecule has 25 heavy (non-hydrogen) atoms. The summed E-state index contributed by atoms with van der Waals surface area (Å²) in [4.78, 5) is 18.9. The number of hydrogen-bond donors (Lipinski definition) is 2. The molecule has 0 saturated carbocycles. The molecule has 0 amide bonds. The summed E-state index contributed by atoms with van der Waals surface area (Å²) in [5, 5.41) is 13.9. The second kappa shape index (κ2) is 7.43. The van der Waals surface area contributed by atoms with E-state index in [0.29, 0.717) is 16.3 Å². The van der Waals surface area contributed by atoms with E-state index in [0.717, 1.165) is 5.56 Å². The van der Waals surface area contributed by atoms with Crippen molar-refractivity contribution in [3.63, 3.8) is 0 Å². The first-order valence-corrected chi connectivity index (χ1v) is 7.69. The van der Waals surface area contributed by atoms with Gasteiger partial charge in [0.2, 0.25) is 5.95 Å². The third kappa shape index (κ3) is 3.91. The maximum atomic E-state index is 12.1. The number of halogens is 1. The molecule has 6 nitrogen and oxygen atoms in total. The fraction of sp³-hybridized carbons (Fsp3) is 0. The maximum Gasteiger partial charge on any atom is 0.270 e. The average Bonchev–Trinajstić information content (AvgIpc) is 2.62. The second-order valence-electron chi connectivity index (χ2n) is 5.04. The molecule has 2 N–H and O–H groups in total. The number of H-pyrrole nitrogens is 1. The summed E-state index contributed by atoms with van der Waals surface area (Å²) in [6, 6.07) is 18.1. The fourth-order valence-corrected chi connectivity index (χ4v) is 2.39. The Morgan fingerprint density at radius 2 is 2.00 bits per heavy atom. The minimum atomic E-state index is -0.531. The number of aromatic amines is 1. The van der Waals surface area contributed by atoms with Crippen LogP contribution in [0, 0.1) is 11.3 Å². The van der Waals surface area contributed by atoms with E-state index in [1.807, 2.05) is 30.3 Å². The first kappa shape index (κ1) is 16.4. The van der Waals surface area contributed by atoms with Gasteiger partial charge in [0.25, 0.3) is 5.56 Å². The van der Waals surface area contributed by atoms with Gasteiger partial charge in [-0.3, -0.25) is 9.78 Å². The predicted molar refractivity (Wildman–Crippen MR) is 97.7 cm³/mol. The van der Waals surface area contributed by atoms with Crippen LogP contribution in [-0.4, -0.2) is 16.2 Å². The van der Waals surface area contributed by atoms with E-state index < -0.39 is 5.56 Å². The van der Waals surface area contributed by atoms with Crippen LogP contribution in [0.4, 0.5) is 5.95 Å². The van der Waals surface area contributed by atoms with Crippen LogP contribution >= 0.6 is 11.6 Å². The maximum absolute atomic E-state index is 12.1. The molecular formula is C18H12ClN5O. The number of hydrazone groups is 1. The summed E-state index contributed by atoms with van der Waals surface area (Å²) in [6.45, 7) is 0. The van der Waals surface area contributed by atoms with Crippen LogP contribution in [0.15, 0.2) is 64.5 Å². The quantitative estimate of drug-likeness (QED) is 0.557. The molecule has 1 aromatic heterocycles. The molecule has 0 radical (unpaired) electrons. The summed E-state index contributed by atoms with van der Waals surface area (Å²) in [5.74, 6) is 0.140. The Hall–Kier alpha value is -3.43. The molecule has 0 aliphatic rings. The van der Waals surface area contributed by atoms with Crippen molar-refractivity contribution in [2.24, 2.45) is 5.10 Å². The molecule has 0 saturated heterocycles. The summed E-state index contributed by atoms with van der Waals surface area (Å²) < 4.78 is 0. The van der Waals surface area contributed by atoms with E-state index in [-0.39, 0.29) is 11.5 Å². The van der Waals surface area contributed by atoms with Crippen molar-refractivity contribution in [2.75, 3.05) is 5.43 Å². The van der Waals surface area contributed by atoms with E-state index >= 15 is 0 Å². The topological polar surface area (TPSA) is 93.9 Å². The largest absolute Gasteiger partial charge is 0.290 e. The number of nitrogens with one attached hydrogen (secondary N) is 2. The molecule has 0 unspecified atom stereocenters. The Labute approximate surface area is 148 Å². The van der Waals surface area contributed by atoms with Gasteiger partial charge in [-0.2, -0.15) is 10.4 Å². The minimum Gasteiger partial charge on any atom is -0.290 e. The lowest BCUT2D eigenvalue weighted by Gasteiger charge is -2.05. The zero-order valence-electron chi connectivity index (χ0n) is 12.9. The summed E-state index contributed by atoms with van der Waals surface area (Å²) in [7, 11) is 0. The number of hydrogen-bond acceptors (Lipinski definition) is 5. The summed E-state index contributed by atoms with van der Waals surface area (Å²) in [6.07, 6.45) is 1.55. The smallest absolute Gasteiger partial charge is 0.270 e. The van der Waals surface area contributed by atoms with E-state index in [4.69, 9.17) is 11.6 Å². The highest BCUT2D eigenvalue weighted by atomic mass is 35.5. The number of rotatable bonds is 4. The van der Waals surface area contributed by atoms with Gasteiger partial charge in [-0.15, -0.1) is 0 Å². The van der Waals surface area contributed by atoms with Crippen molar-refractivity contribution in [1.29, 1.82) is 5.26 Å². The number of aromatic nitrogens is 2. The van der Waals surface area contributed by atoms with Crippen LogP contribution in [0.25, 0.3) is 11.3 Å². The van der Waals surface area contributed by atoms with Gasteiger partial charge < -0.3 is 0 Å². The highest BCUT2D eigenvalue weighted by molar-refractivity contribution is 6.30. The SMILES string of the molecule is N#Cc1c(-c2ccccc2)nc(NN=Cc2cccc(Cl)c2)[nH]c1=O. The molecule has 0 aliphatic carbocycles. The van der Waals surface area contributed by atoms with Crippen LogP contribution < -0.4 is 11.0 Å². The number of nitrogens with zero attached hydrogens (tertiary/aromatic N) is 3. The number of anilines is 1. The molecular weight excluding hydrogens is 338 g/mol. The van der Waals surface area contributed by atoms with E-state index in [1.54, 1.807) is 36.5 Å². The summed E-state index contributed by atoms with van der Waals surface area (Å²) >= 11 is 5.91. The van der Waals surface area contributed by atoms with Crippen LogP contribution in [0.3, 0.4) is 0 Å². The van der Waals surface area contributed by atoms with Crippen LogP contribution in [0.1, 0.15) is 11.1 Å². The van der Waals surface area contributed by atoms with Crippen molar-refractivity contribution in [3.8, 4) is 17.3 Å². The normalized spacial score (nSPS) is 10.6. The zero-order valence-corrected chi connectivity index (χ0v) is 13.7. The standard InChI is InChI=1S/C18H12ClN5O/c19-14-8-4-5-12(9-14)11-21-24-18-22-16(13-6-2-1-3-7-13)15(10-20)17(25)23-18/h1-9,11H,(H2,22,23,24,25). The highest BCUT2D eigenvalue weighted by Gasteiger charge is 2.12. The van der Waals surface area contributed by atoms with Gasteiger partial charge in [0.05, 0.1) is 11.9 Å². The van der Waals surface area contributed by atoms with Crippen LogP contribution in [0.2, 0.25) is 5.02 Å². The fourth-order valence-electron chi connectivity index (χ4n) is 2.19. The third-order valence-corrected chi connectivity index (χ3v) is 3.55. The van der Waals surface area contributed by atoms with Crippen molar-refractivity contribution in [1.82, 2.24) is 9.97 Å². The van der Waals surface area contributed by atoms with Gasteiger partial charge in [-0.05, 0) is 17.7 Å². The lowest BCUT2D eigenvalue weighted by Crippen LogP contribution is -2.16. The highest BCUT2D eigenvalue weighted by Crippen LogP contribution is 2.19. The molecule has 122 valence electrons. The minimum absolute atomic E-state index is 0.0458. The second-order valence-corrected chi connectivity index (χ2v) is 5.48. The van der Waals surface area contributed by atoms with Crippen molar-refractivity contribution in [3.05, 3.63) is 81.1 Å². The number of benzene rings is 2. The average molecular weight is 350 g/mol. The first-order chi connectivity index (χ1) is 12.2. The van der Waals surface area contributed by atoms with Gasteiger partial charge >= 0.3 is 0 Å². The Kier molecular flexibility index (Phi) is 4.88. The predicted octanol–water partition coefficient (Wildman–Crippen LogP) is 3.41. The Bertz CT molecular complexity index is 1020. The van der Waals surface area contributed by atoms with Gasteiger partial charge in [-0.1, -0.05) is 54.1 Å². The molecule has 2 aromatic carbocycles. The first-order valence-electron chi connectivity index (χ1n) is 7.32. The number of nitriles is 1. The lowest BCUT2D eigenvalue weighted by atomic mass is 10.1. The Morgan fingerprint density at radius 1 is 1.20 bits per heavy atom. The lowest BCUT2D eigenvalue weighted by molar-refractivity contribution is 1.08. The van der Waals surface area contributed by atoms with Crippen LogP contribution in [0.5, 0.6) is 0 Å². The van der Waals surface area contributed by atoms with E-state index in [1.165, 1.54) is 0 Å². The zero-order chi connectivity index (χ0) is 17.6. The van der Waals surface area contributed by atoms with Crippen LogP contribution in [-0.2, 0) is 0 Å². The van der Waals surface area contributed by atoms with E-state index in [2.05, 4.69) is 20.5 Å². The molecule has 7 heteroatoms. The molecule has 1 heterocycles. The van der Waals surface area contributed by atoms with Crippen molar-refractivity contribution >= 4 is 23.8 Å². The van der Waals surface area contributed by atoms with Gasteiger partial charge in [0, 0.05) is 10.6 Å². The molecule has 0 fully saturated rings. The van der Waals surface area contributed by atoms with Gasteiger partial charge in [0.15, 0.2) is 0 Å².